The van der Waals surface area contributed by atoms with E-state index in [1.807, 2.05) is 6.07 Å². The van der Waals surface area contributed by atoms with Crippen molar-refractivity contribution in [2.45, 2.75) is 19.8 Å². The van der Waals surface area contributed by atoms with Crippen molar-refractivity contribution in [2.24, 2.45) is 5.92 Å². The minimum Gasteiger partial charge on any atom is -0.466 e. The number of quaternary nitrogens is 1. The molecule has 0 aliphatic carbocycles. The summed E-state index contributed by atoms with van der Waals surface area (Å²) in [6.45, 7) is 4.05. The molecule has 6 nitrogen and oxygen atoms in total. The molecule has 128 valence electrons. The van der Waals surface area contributed by atoms with Crippen molar-refractivity contribution in [3.63, 3.8) is 0 Å². The van der Waals surface area contributed by atoms with Gasteiger partial charge in [0.25, 0.3) is 5.78 Å². The van der Waals surface area contributed by atoms with E-state index in [0.29, 0.717) is 31.1 Å². The van der Waals surface area contributed by atoms with Gasteiger partial charge in [0.2, 0.25) is 0 Å². The molecule has 7 heteroatoms. The number of anilines is 1. The van der Waals surface area contributed by atoms with Gasteiger partial charge in [-0.25, -0.2) is 0 Å². The molecule has 0 aromatic heterocycles. The lowest BCUT2D eigenvalue weighted by molar-refractivity contribution is -0.906. The lowest BCUT2D eigenvalue weighted by Gasteiger charge is -2.31. The van der Waals surface area contributed by atoms with Crippen LogP contribution in [0.3, 0.4) is 0 Å². The molecule has 0 saturated carbocycles. The van der Waals surface area contributed by atoms with Crippen LogP contribution in [-0.2, 0) is 14.3 Å². The highest BCUT2D eigenvalue weighted by atomic mass is 79.9. The maximum absolute atomic E-state index is 12.4. The van der Waals surface area contributed by atoms with Crippen molar-refractivity contribution in [1.82, 2.24) is 0 Å². The fourth-order valence-corrected chi connectivity index (χ4v) is 4.02. The van der Waals surface area contributed by atoms with Gasteiger partial charge in [0, 0.05) is 4.47 Å². The van der Waals surface area contributed by atoms with Crippen molar-refractivity contribution in [2.75, 3.05) is 31.3 Å². The van der Waals surface area contributed by atoms with Gasteiger partial charge >= 0.3 is 11.9 Å². The summed E-state index contributed by atoms with van der Waals surface area (Å²) < 4.78 is 5.85. The number of carbonyl (C=O) groups excluding carboxylic acids is 3. The summed E-state index contributed by atoms with van der Waals surface area (Å²) in [4.78, 5) is 39.1. The summed E-state index contributed by atoms with van der Waals surface area (Å²) >= 11 is 3.43. The van der Waals surface area contributed by atoms with E-state index in [9.17, 15) is 14.4 Å². The number of benzene rings is 1. The zero-order valence-corrected chi connectivity index (χ0v) is 15.1. The SMILES string of the molecule is CCOC(=O)[C@@H]1CCC[NH+](CN2C(=O)C(=O)c3cccc(Br)c32)C1. The van der Waals surface area contributed by atoms with Crippen LogP contribution < -0.4 is 9.80 Å². The number of hydrogen-bond donors (Lipinski definition) is 1. The highest BCUT2D eigenvalue weighted by molar-refractivity contribution is 9.10. The monoisotopic (exact) mass is 395 g/mol. The smallest absolute Gasteiger partial charge is 0.314 e. The third-order valence-corrected chi connectivity index (χ3v) is 5.20. The number of nitrogens with one attached hydrogen (secondary N) is 1. The van der Waals surface area contributed by atoms with E-state index in [4.69, 9.17) is 4.74 Å². The Kier molecular flexibility index (Phi) is 5.01. The first-order valence-corrected chi connectivity index (χ1v) is 8.97. The summed E-state index contributed by atoms with van der Waals surface area (Å²) in [6.07, 6.45) is 1.72. The minimum atomic E-state index is -0.498. The highest BCUT2D eigenvalue weighted by Crippen LogP contribution is 2.35. The summed E-state index contributed by atoms with van der Waals surface area (Å²) in [5.41, 5.74) is 1.07. The molecule has 1 N–H and O–H groups in total. The lowest BCUT2D eigenvalue weighted by Crippen LogP contribution is -3.15. The predicted molar refractivity (Wildman–Crippen MR) is 90.9 cm³/mol. The predicted octanol–water partition coefficient (Wildman–Crippen LogP) is 0.794. The normalized spacial score (nSPS) is 23.3. The molecule has 1 saturated heterocycles. The van der Waals surface area contributed by atoms with E-state index < -0.39 is 11.7 Å². The van der Waals surface area contributed by atoms with Gasteiger partial charge in [0.15, 0.2) is 6.67 Å². The first kappa shape index (κ1) is 17.1. The molecule has 0 bridgehead atoms. The summed E-state index contributed by atoms with van der Waals surface area (Å²) in [7, 11) is 0. The van der Waals surface area contributed by atoms with Crippen molar-refractivity contribution in [3.8, 4) is 0 Å². The third kappa shape index (κ3) is 3.10. The van der Waals surface area contributed by atoms with Crippen LogP contribution in [0.25, 0.3) is 0 Å². The second-order valence-corrected chi connectivity index (χ2v) is 7.01. The van der Waals surface area contributed by atoms with Crippen LogP contribution in [0.15, 0.2) is 22.7 Å². The average molecular weight is 396 g/mol. The summed E-state index contributed by atoms with van der Waals surface area (Å²) in [6, 6.07) is 5.25. The van der Waals surface area contributed by atoms with Gasteiger partial charge < -0.3 is 9.64 Å². The third-order valence-electron chi connectivity index (χ3n) is 4.56. The van der Waals surface area contributed by atoms with Crippen LogP contribution in [0, 0.1) is 5.92 Å². The van der Waals surface area contributed by atoms with Crippen molar-refractivity contribution in [3.05, 3.63) is 28.2 Å². The van der Waals surface area contributed by atoms with E-state index in [1.54, 1.807) is 19.1 Å². The number of para-hydroxylation sites is 1. The van der Waals surface area contributed by atoms with Crippen molar-refractivity contribution >= 4 is 39.3 Å². The number of likely N-dealkylation sites (tertiary alicyclic amines) is 1. The fourth-order valence-electron chi connectivity index (χ4n) is 3.44. The van der Waals surface area contributed by atoms with Gasteiger partial charge in [-0.3, -0.25) is 19.3 Å². The number of nitrogens with zero attached hydrogens (tertiary/aromatic N) is 1. The lowest BCUT2D eigenvalue weighted by atomic mass is 9.98. The molecule has 1 fully saturated rings. The van der Waals surface area contributed by atoms with Crippen LogP contribution in [0.4, 0.5) is 5.69 Å². The molecule has 2 atom stereocenters. The molecule has 2 heterocycles. The van der Waals surface area contributed by atoms with E-state index in [-0.39, 0.29) is 11.9 Å². The molecule has 24 heavy (non-hydrogen) atoms. The van der Waals surface area contributed by atoms with Gasteiger partial charge in [-0.1, -0.05) is 6.07 Å². The number of halogens is 1. The van der Waals surface area contributed by atoms with Crippen LogP contribution in [0.1, 0.15) is 30.1 Å². The maximum atomic E-state index is 12.4. The average Bonchev–Trinajstić information content (AvgIpc) is 2.82. The Morgan fingerprint density at radius 1 is 1.42 bits per heavy atom. The second-order valence-electron chi connectivity index (χ2n) is 6.15. The topological polar surface area (TPSA) is 68.1 Å². The Hall–Kier alpha value is -1.73. The minimum absolute atomic E-state index is 0.138. The Morgan fingerprint density at radius 3 is 2.96 bits per heavy atom. The number of esters is 1. The number of amides is 1. The number of fused-ring (bicyclic) bond motifs is 1. The van der Waals surface area contributed by atoms with Crippen LogP contribution in [-0.4, -0.2) is 44.0 Å². The summed E-state index contributed by atoms with van der Waals surface area (Å²) in [5, 5.41) is 0. The van der Waals surface area contributed by atoms with Gasteiger partial charge in [0.05, 0.1) is 30.9 Å². The maximum Gasteiger partial charge on any atom is 0.314 e. The summed E-state index contributed by atoms with van der Waals surface area (Å²) in [5.74, 6) is -1.27. The number of ether oxygens (including phenoxy) is 1. The van der Waals surface area contributed by atoms with Crippen molar-refractivity contribution in [1.29, 1.82) is 0 Å². The fraction of sp³-hybridized carbons (Fsp3) is 0.471. The van der Waals surface area contributed by atoms with E-state index in [2.05, 4.69) is 15.9 Å². The largest absolute Gasteiger partial charge is 0.466 e. The number of ketones is 1. The highest BCUT2D eigenvalue weighted by Gasteiger charge is 2.40. The molecule has 1 aromatic carbocycles. The van der Waals surface area contributed by atoms with Gasteiger partial charge in [-0.2, -0.15) is 0 Å². The zero-order valence-electron chi connectivity index (χ0n) is 13.5. The van der Waals surface area contributed by atoms with Crippen LogP contribution >= 0.6 is 15.9 Å². The molecular weight excluding hydrogens is 376 g/mol. The standard InChI is InChI=1S/C17H19BrN2O4/c1-2-24-17(23)11-5-4-8-19(9-11)10-20-14-12(15(21)16(20)22)6-3-7-13(14)18/h3,6-7,11H,2,4-5,8-10H2,1H3/p+1/t11-/m1/s1. The zero-order chi connectivity index (χ0) is 17.3. The van der Waals surface area contributed by atoms with E-state index in [1.165, 1.54) is 4.90 Å². The quantitative estimate of drug-likeness (QED) is 0.604. The first-order chi connectivity index (χ1) is 11.5. The van der Waals surface area contributed by atoms with Crippen molar-refractivity contribution < 1.29 is 24.0 Å². The molecule has 1 unspecified atom stereocenters. The van der Waals surface area contributed by atoms with Crippen LogP contribution in [0.2, 0.25) is 0 Å². The Morgan fingerprint density at radius 2 is 2.21 bits per heavy atom. The number of hydrogen-bond acceptors (Lipinski definition) is 4. The van der Waals surface area contributed by atoms with Gasteiger partial charge in [0.1, 0.15) is 5.92 Å². The Labute approximate surface area is 148 Å². The first-order valence-electron chi connectivity index (χ1n) is 8.17. The number of rotatable bonds is 4. The number of Topliss-reactive ketones (excluding diaryl/α,β-unsaturated/α-hetero) is 1. The molecule has 2 aliphatic heterocycles. The Bertz CT molecular complexity index is 691. The molecule has 2 aliphatic rings. The van der Waals surface area contributed by atoms with E-state index in [0.717, 1.165) is 28.8 Å². The molecule has 1 aromatic rings. The molecular formula is C17H20BrN2O4+. The van der Waals surface area contributed by atoms with E-state index >= 15 is 0 Å². The molecule has 0 spiro atoms. The molecule has 0 radical (unpaired) electrons. The molecule has 1 amide bonds. The van der Waals surface area contributed by atoms with Crippen LogP contribution in [0.5, 0.6) is 0 Å². The Balaban J connectivity index is 1.76. The number of piperidine rings is 1. The van der Waals surface area contributed by atoms with Gasteiger partial charge in [-0.05, 0) is 47.8 Å². The molecule has 3 rings (SSSR count). The second kappa shape index (κ2) is 7.03. The van der Waals surface area contributed by atoms with Gasteiger partial charge in [-0.15, -0.1) is 0 Å². The number of carbonyl (C=O) groups is 3.